The summed E-state index contributed by atoms with van der Waals surface area (Å²) in [6, 6.07) is 21.9. The van der Waals surface area contributed by atoms with E-state index in [1.54, 1.807) is 16.7 Å². The minimum absolute atomic E-state index is 0.0420. The van der Waals surface area contributed by atoms with Gasteiger partial charge in [0.05, 0.1) is 27.9 Å². The Morgan fingerprint density at radius 3 is 2.52 bits per heavy atom. The van der Waals surface area contributed by atoms with Crippen molar-refractivity contribution in [1.29, 1.82) is 0 Å². The molecule has 0 spiro atoms. The first-order valence-corrected chi connectivity index (χ1v) is 11.8. The van der Waals surface area contributed by atoms with Gasteiger partial charge in [-0.1, -0.05) is 84.3 Å². The van der Waals surface area contributed by atoms with E-state index in [1.807, 2.05) is 54.6 Å². The Hall–Kier alpha value is -2.58. The number of nitrogens with zero attached hydrogens (tertiary/aromatic N) is 2. The fourth-order valence-electron chi connectivity index (χ4n) is 3.71. The Bertz CT molecular complexity index is 1250. The van der Waals surface area contributed by atoms with Crippen LogP contribution in [0.5, 0.6) is 0 Å². The molecule has 7 heteroatoms. The van der Waals surface area contributed by atoms with E-state index in [-0.39, 0.29) is 12.5 Å². The van der Waals surface area contributed by atoms with Crippen molar-refractivity contribution in [3.63, 3.8) is 0 Å². The summed E-state index contributed by atoms with van der Waals surface area (Å²) in [7, 11) is 0. The quantitative estimate of drug-likeness (QED) is 0.406. The smallest absolute Gasteiger partial charge is 0.270 e. The highest BCUT2D eigenvalue weighted by Crippen LogP contribution is 2.49. The number of thioether (sulfide) groups is 2. The molecule has 1 saturated heterocycles. The highest BCUT2D eigenvalue weighted by molar-refractivity contribution is 8.27. The molecule has 31 heavy (non-hydrogen) atoms. The molecule has 1 fully saturated rings. The van der Waals surface area contributed by atoms with E-state index in [1.165, 1.54) is 27.4 Å². The van der Waals surface area contributed by atoms with Crippen LogP contribution in [0.25, 0.3) is 10.8 Å². The van der Waals surface area contributed by atoms with Crippen LogP contribution in [0.3, 0.4) is 0 Å². The summed E-state index contributed by atoms with van der Waals surface area (Å²) in [6.07, 6.45) is 3.79. The van der Waals surface area contributed by atoms with Gasteiger partial charge < -0.3 is 10.0 Å². The van der Waals surface area contributed by atoms with Crippen molar-refractivity contribution in [3.05, 3.63) is 88.8 Å². The topological polar surface area (TPSA) is 43.8 Å². The molecule has 0 atom stereocenters. The fourth-order valence-corrected chi connectivity index (χ4v) is 6.18. The van der Waals surface area contributed by atoms with Gasteiger partial charge in [0.15, 0.2) is 4.32 Å². The highest BCUT2D eigenvalue weighted by atomic mass is 32.2. The van der Waals surface area contributed by atoms with Crippen LogP contribution in [0.4, 0.5) is 11.4 Å². The highest BCUT2D eigenvalue weighted by Gasteiger charge is 2.33. The maximum atomic E-state index is 13.0. The first-order chi connectivity index (χ1) is 15.2. The predicted octanol–water partition coefficient (Wildman–Crippen LogP) is 5.53. The van der Waals surface area contributed by atoms with Gasteiger partial charge >= 0.3 is 0 Å². The Labute approximate surface area is 194 Å². The molecule has 4 nitrogen and oxygen atoms in total. The molecule has 0 radical (unpaired) electrons. The molecular weight excluding hydrogens is 444 g/mol. The number of β-amino-alcohol motifs (C(OH)–C–C–N with tert-alkyl or cyclic N) is 1. The van der Waals surface area contributed by atoms with Crippen molar-refractivity contribution >= 4 is 68.1 Å². The lowest BCUT2D eigenvalue weighted by Crippen LogP contribution is -2.27. The standard InChI is InChI=1S/C24H18N2O2S3/c27-15-14-25-19-11-10-16-6-4-5-9-18(16)22(19)31-21(25)13-12-20-23(28)26(24(29)30-20)17-7-2-1-3-8-17/h1-13,27H,14-15H2. The number of carbonyl (C=O) groups is 1. The van der Waals surface area contributed by atoms with Gasteiger partial charge in [-0.2, -0.15) is 0 Å². The zero-order valence-electron chi connectivity index (χ0n) is 16.4. The SMILES string of the molecule is O=C1C(=CC=C2Sc3c(ccc4ccccc34)N2CCO)SC(=S)N1c1ccccc1. The van der Waals surface area contributed by atoms with Gasteiger partial charge in [0.2, 0.25) is 0 Å². The van der Waals surface area contributed by atoms with E-state index in [2.05, 4.69) is 29.2 Å². The number of allylic oxidation sites excluding steroid dienone is 2. The number of rotatable bonds is 4. The third-order valence-electron chi connectivity index (χ3n) is 5.13. The van der Waals surface area contributed by atoms with E-state index < -0.39 is 0 Å². The molecule has 3 aromatic rings. The number of benzene rings is 3. The van der Waals surface area contributed by atoms with E-state index in [4.69, 9.17) is 12.2 Å². The summed E-state index contributed by atoms with van der Waals surface area (Å²) in [6.45, 7) is 0.531. The van der Waals surface area contributed by atoms with Crippen LogP contribution in [0, 0.1) is 0 Å². The van der Waals surface area contributed by atoms with Gasteiger partial charge in [-0.3, -0.25) is 9.69 Å². The number of fused-ring (bicyclic) bond motifs is 3. The second kappa shape index (κ2) is 8.51. The van der Waals surface area contributed by atoms with Crippen LogP contribution >= 0.6 is 35.7 Å². The lowest BCUT2D eigenvalue weighted by molar-refractivity contribution is -0.113. The number of carbonyl (C=O) groups excluding carboxylic acids is 1. The zero-order valence-corrected chi connectivity index (χ0v) is 18.8. The maximum absolute atomic E-state index is 13.0. The summed E-state index contributed by atoms with van der Waals surface area (Å²) >= 11 is 8.43. The number of para-hydroxylation sites is 1. The third kappa shape index (κ3) is 3.68. The molecule has 2 heterocycles. The van der Waals surface area contributed by atoms with Crippen LogP contribution in [0.1, 0.15) is 0 Å². The number of amides is 1. The molecule has 0 aliphatic carbocycles. The average molecular weight is 463 g/mol. The van der Waals surface area contributed by atoms with Crippen molar-refractivity contribution in [1.82, 2.24) is 0 Å². The molecule has 0 unspecified atom stereocenters. The summed E-state index contributed by atoms with van der Waals surface area (Å²) in [5.41, 5.74) is 1.85. The van der Waals surface area contributed by atoms with Crippen LogP contribution in [-0.2, 0) is 4.79 Å². The minimum Gasteiger partial charge on any atom is -0.395 e. The molecule has 1 N–H and O–H groups in total. The Morgan fingerprint density at radius 2 is 1.71 bits per heavy atom. The number of hydrogen-bond donors (Lipinski definition) is 1. The first-order valence-electron chi connectivity index (χ1n) is 9.78. The molecule has 0 saturated carbocycles. The number of thiocarbonyl (C=S) groups is 1. The van der Waals surface area contributed by atoms with Crippen molar-refractivity contribution in [2.45, 2.75) is 4.90 Å². The van der Waals surface area contributed by atoms with E-state index in [0.717, 1.165) is 16.4 Å². The lowest BCUT2D eigenvalue weighted by Gasteiger charge is -2.19. The maximum Gasteiger partial charge on any atom is 0.270 e. The second-order valence-corrected chi connectivity index (χ2v) is 9.70. The Kier molecular flexibility index (Phi) is 5.58. The molecule has 0 bridgehead atoms. The summed E-state index contributed by atoms with van der Waals surface area (Å²) in [4.78, 5) is 18.4. The van der Waals surface area contributed by atoms with E-state index >= 15 is 0 Å². The van der Waals surface area contributed by atoms with Crippen molar-refractivity contribution < 1.29 is 9.90 Å². The van der Waals surface area contributed by atoms with Gasteiger partial charge in [0.25, 0.3) is 5.91 Å². The van der Waals surface area contributed by atoms with Crippen LogP contribution in [-0.4, -0.2) is 28.5 Å². The van der Waals surface area contributed by atoms with Crippen LogP contribution in [0.15, 0.2) is 93.7 Å². The largest absolute Gasteiger partial charge is 0.395 e. The third-order valence-corrected chi connectivity index (χ3v) is 7.65. The van der Waals surface area contributed by atoms with Crippen molar-refractivity contribution in [3.8, 4) is 0 Å². The van der Waals surface area contributed by atoms with Crippen molar-refractivity contribution in [2.75, 3.05) is 23.0 Å². The molecule has 2 aliphatic rings. The second-order valence-electron chi connectivity index (χ2n) is 6.99. The molecule has 5 rings (SSSR count). The van der Waals surface area contributed by atoms with Gasteiger partial charge in [0, 0.05) is 11.4 Å². The molecule has 0 aromatic heterocycles. The summed E-state index contributed by atoms with van der Waals surface area (Å²) < 4.78 is 0.529. The molecule has 2 aliphatic heterocycles. The minimum atomic E-state index is -0.113. The normalized spacial score (nSPS) is 18.6. The van der Waals surface area contributed by atoms with Crippen LogP contribution in [0.2, 0.25) is 0 Å². The molecule has 154 valence electrons. The van der Waals surface area contributed by atoms with Gasteiger partial charge in [-0.25, -0.2) is 0 Å². The van der Waals surface area contributed by atoms with Crippen LogP contribution < -0.4 is 9.80 Å². The van der Waals surface area contributed by atoms with Gasteiger partial charge in [-0.15, -0.1) is 0 Å². The monoisotopic (exact) mass is 462 g/mol. The molecular formula is C24H18N2O2S3. The number of hydrogen-bond acceptors (Lipinski definition) is 6. The average Bonchev–Trinajstić information content (AvgIpc) is 3.29. The number of aliphatic hydroxyl groups is 1. The first kappa shape index (κ1) is 20.3. The van der Waals surface area contributed by atoms with E-state index in [9.17, 15) is 9.90 Å². The predicted molar refractivity (Wildman–Crippen MR) is 135 cm³/mol. The summed E-state index contributed by atoms with van der Waals surface area (Å²) in [5, 5.41) is 13.0. The zero-order chi connectivity index (χ0) is 21.4. The Morgan fingerprint density at radius 1 is 0.935 bits per heavy atom. The van der Waals surface area contributed by atoms with Crippen molar-refractivity contribution in [2.24, 2.45) is 0 Å². The Balaban J connectivity index is 1.49. The lowest BCUT2D eigenvalue weighted by atomic mass is 10.1. The van der Waals surface area contributed by atoms with Gasteiger partial charge in [0.1, 0.15) is 0 Å². The van der Waals surface area contributed by atoms with Gasteiger partial charge in [-0.05, 0) is 41.1 Å². The molecule has 3 aromatic carbocycles. The fraction of sp³-hybridized carbons (Fsp3) is 0.0833. The molecule has 1 amide bonds. The summed E-state index contributed by atoms with van der Waals surface area (Å²) in [5.74, 6) is -0.113. The number of anilines is 2. The van der Waals surface area contributed by atoms with E-state index in [0.29, 0.717) is 15.8 Å². The number of aliphatic hydroxyl groups excluding tert-OH is 1.